The summed E-state index contributed by atoms with van der Waals surface area (Å²) in [6.45, 7) is 0.180. The second-order valence-corrected chi connectivity index (χ2v) is 9.90. The molecule has 0 bridgehead atoms. The van der Waals surface area contributed by atoms with Gasteiger partial charge in [-0.1, -0.05) is 34.4 Å². The van der Waals surface area contributed by atoms with Gasteiger partial charge in [-0.3, -0.25) is 9.59 Å². The van der Waals surface area contributed by atoms with Gasteiger partial charge >= 0.3 is 12.4 Å². The van der Waals surface area contributed by atoms with Crippen molar-refractivity contribution in [3.63, 3.8) is 0 Å². The Morgan fingerprint density at radius 3 is 2.31 bits per heavy atom. The van der Waals surface area contributed by atoms with Crippen molar-refractivity contribution in [2.24, 2.45) is 5.16 Å². The lowest BCUT2D eigenvalue weighted by Gasteiger charge is -2.29. The Labute approximate surface area is 226 Å². The van der Waals surface area contributed by atoms with Crippen LogP contribution in [0.3, 0.4) is 0 Å². The van der Waals surface area contributed by atoms with E-state index in [0.717, 1.165) is 21.9 Å². The van der Waals surface area contributed by atoms with Crippen LogP contribution in [0.2, 0.25) is 10.0 Å². The summed E-state index contributed by atoms with van der Waals surface area (Å²) in [7, 11) is 0. The number of halogens is 9. The predicted molar refractivity (Wildman–Crippen MR) is 126 cm³/mol. The Balaban J connectivity index is 1.54. The van der Waals surface area contributed by atoms with Crippen LogP contribution in [0.4, 0.5) is 30.7 Å². The number of rotatable bonds is 5. The summed E-state index contributed by atoms with van der Waals surface area (Å²) in [4.78, 5) is 31.9. The van der Waals surface area contributed by atoms with Crippen LogP contribution < -0.4 is 0 Å². The number of oxime groups is 1. The highest BCUT2D eigenvalue weighted by Crippen LogP contribution is 2.50. The van der Waals surface area contributed by atoms with Crippen LogP contribution in [0.15, 0.2) is 35.5 Å². The number of hydrogen-bond donors (Lipinski definition) is 0. The second-order valence-electron chi connectivity index (χ2n) is 9.08. The number of carbonyl (C=O) groups excluding carboxylic acids is 2. The molecule has 4 rings (SSSR count). The second kappa shape index (κ2) is 10.2. The molecule has 1 saturated heterocycles. The van der Waals surface area contributed by atoms with Gasteiger partial charge in [0.05, 0.1) is 28.8 Å². The third-order valence-corrected chi connectivity index (χ3v) is 6.95. The van der Waals surface area contributed by atoms with Crippen molar-refractivity contribution in [3.05, 3.63) is 68.4 Å². The average molecular weight is 600 g/mol. The summed E-state index contributed by atoms with van der Waals surface area (Å²) in [6, 6.07) is 5.57. The lowest BCUT2D eigenvalue weighted by atomic mass is 9.86. The summed E-state index contributed by atoms with van der Waals surface area (Å²) in [5.41, 5.74) is -3.06. The van der Waals surface area contributed by atoms with Crippen LogP contribution in [0, 0.1) is 12.7 Å². The van der Waals surface area contributed by atoms with E-state index in [1.807, 2.05) is 0 Å². The highest BCUT2D eigenvalue weighted by molar-refractivity contribution is 6.35. The normalized spacial score (nSPS) is 19.9. The lowest BCUT2D eigenvalue weighted by Crippen LogP contribution is -2.42. The fraction of sp³-hybridized carbons (Fsp3) is 0.375. The van der Waals surface area contributed by atoms with Crippen molar-refractivity contribution in [3.8, 4) is 0 Å². The minimum atomic E-state index is -5.01. The molecule has 0 spiro atoms. The maximum absolute atomic E-state index is 14.2. The highest BCUT2D eigenvalue weighted by atomic mass is 35.5. The van der Waals surface area contributed by atoms with Gasteiger partial charge in [-0.2, -0.15) is 26.3 Å². The van der Waals surface area contributed by atoms with E-state index in [9.17, 15) is 40.3 Å². The predicted octanol–water partition coefficient (Wildman–Crippen LogP) is 6.22. The molecule has 1 unspecified atom stereocenters. The first-order valence-corrected chi connectivity index (χ1v) is 12.0. The zero-order valence-electron chi connectivity index (χ0n) is 19.9. The molecule has 0 aromatic heterocycles. The molecule has 2 amide bonds. The van der Waals surface area contributed by atoms with E-state index in [4.69, 9.17) is 28.0 Å². The number of nitrogens with zero attached hydrogens (tertiary/aromatic N) is 3. The molecule has 0 saturated carbocycles. The van der Waals surface area contributed by atoms with Gasteiger partial charge in [0, 0.05) is 24.1 Å². The Kier molecular flexibility index (Phi) is 7.54. The van der Waals surface area contributed by atoms with Crippen LogP contribution in [0.5, 0.6) is 0 Å². The molecule has 2 heterocycles. The Morgan fingerprint density at radius 2 is 1.74 bits per heavy atom. The molecule has 2 aromatic rings. The smallest absolute Gasteiger partial charge is 0.374 e. The molecule has 2 aromatic carbocycles. The van der Waals surface area contributed by atoms with Crippen molar-refractivity contribution in [1.82, 2.24) is 9.80 Å². The van der Waals surface area contributed by atoms with E-state index in [0.29, 0.717) is 5.56 Å². The molecule has 1 atom stereocenters. The van der Waals surface area contributed by atoms with Crippen LogP contribution in [0.25, 0.3) is 0 Å². The number of aryl methyl sites for hydroxylation is 1. The summed E-state index contributed by atoms with van der Waals surface area (Å²) < 4.78 is 94.1. The molecule has 210 valence electrons. The first-order valence-electron chi connectivity index (χ1n) is 11.2. The number of hydrogen-bond acceptors (Lipinski definition) is 4. The Bertz CT molecular complexity index is 1340. The van der Waals surface area contributed by atoms with Crippen LogP contribution >= 0.6 is 23.2 Å². The Hall–Kier alpha value is -3.06. The van der Waals surface area contributed by atoms with Gasteiger partial charge in [-0.25, -0.2) is 4.39 Å². The molecule has 2 aliphatic rings. The molecule has 0 radical (unpaired) electrons. The van der Waals surface area contributed by atoms with Crippen molar-refractivity contribution in [2.75, 3.05) is 19.8 Å². The maximum Gasteiger partial charge on any atom is 0.435 e. The quantitative estimate of drug-likeness (QED) is 0.303. The highest BCUT2D eigenvalue weighted by Gasteiger charge is 2.62. The molecule has 15 heteroatoms. The van der Waals surface area contributed by atoms with Crippen molar-refractivity contribution in [2.45, 2.75) is 37.7 Å². The average Bonchev–Trinajstić information content (AvgIpc) is 3.45. The van der Waals surface area contributed by atoms with Crippen LogP contribution in [-0.2, 0) is 15.2 Å². The molecule has 0 aliphatic carbocycles. The van der Waals surface area contributed by atoms with Gasteiger partial charge in [0.15, 0.2) is 5.82 Å². The van der Waals surface area contributed by atoms with Crippen LogP contribution in [0.1, 0.15) is 39.9 Å². The third kappa shape index (κ3) is 5.65. The zero-order valence-corrected chi connectivity index (χ0v) is 21.4. The molecule has 1 fully saturated rings. The number of amides is 2. The van der Waals surface area contributed by atoms with Crippen molar-refractivity contribution >= 4 is 40.7 Å². The van der Waals surface area contributed by atoms with Gasteiger partial charge in [0.2, 0.25) is 5.91 Å². The maximum atomic E-state index is 14.2. The minimum Gasteiger partial charge on any atom is -0.374 e. The summed E-state index contributed by atoms with van der Waals surface area (Å²) >= 11 is 11.4. The van der Waals surface area contributed by atoms with E-state index >= 15 is 0 Å². The fourth-order valence-electron chi connectivity index (χ4n) is 4.29. The number of carbonyl (C=O) groups is 2. The van der Waals surface area contributed by atoms with E-state index in [1.54, 1.807) is 0 Å². The molecule has 39 heavy (non-hydrogen) atoms. The number of benzene rings is 2. The minimum absolute atomic E-state index is 0.0999. The van der Waals surface area contributed by atoms with E-state index in [1.165, 1.54) is 25.1 Å². The largest absolute Gasteiger partial charge is 0.435 e. The zero-order chi connectivity index (χ0) is 28.9. The van der Waals surface area contributed by atoms with E-state index < -0.39 is 77.1 Å². The molecule has 0 N–H and O–H groups in total. The number of alkyl halides is 6. The van der Waals surface area contributed by atoms with Gasteiger partial charge in [-0.05, 0) is 42.3 Å². The summed E-state index contributed by atoms with van der Waals surface area (Å²) in [5.74, 6) is -2.35. The first-order chi connectivity index (χ1) is 18.0. The van der Waals surface area contributed by atoms with Crippen molar-refractivity contribution < 1.29 is 45.2 Å². The molecule has 6 nitrogen and oxygen atoms in total. The van der Waals surface area contributed by atoms with Gasteiger partial charge in [-0.15, -0.1) is 0 Å². The van der Waals surface area contributed by atoms with E-state index in [2.05, 4.69) is 5.16 Å². The Morgan fingerprint density at radius 1 is 1.10 bits per heavy atom. The summed E-state index contributed by atoms with van der Waals surface area (Å²) in [6.07, 6.45) is -11.5. The summed E-state index contributed by atoms with van der Waals surface area (Å²) in [5, 5.41) is 2.35. The molecular weight excluding hydrogens is 582 g/mol. The van der Waals surface area contributed by atoms with Crippen molar-refractivity contribution in [1.29, 1.82) is 0 Å². The SMILES string of the molecule is Cc1cc(C2=NOC(c3cc(Cl)c(F)c(Cl)c3)(C(F)(F)F)C2)ccc1C(=O)N1CC(=O)N(CCC(F)(F)F)C1. The third-order valence-electron chi connectivity index (χ3n) is 6.40. The van der Waals surface area contributed by atoms with E-state index in [-0.39, 0.29) is 23.5 Å². The van der Waals surface area contributed by atoms with Crippen LogP contribution in [-0.4, -0.2) is 59.4 Å². The monoisotopic (exact) mass is 599 g/mol. The van der Waals surface area contributed by atoms with Gasteiger partial charge in [0.25, 0.3) is 11.5 Å². The fourth-order valence-corrected chi connectivity index (χ4v) is 4.78. The topological polar surface area (TPSA) is 62.2 Å². The molecular formula is C24H18Cl2F7N3O3. The standard InChI is InChI=1S/C24H18Cl2F7N3O3/c1-12-6-13(2-3-15(12)21(38)36-10-19(37)35(11-36)5-4-23(28,29)30)18-9-22(39-34-18,24(31,32)33)14-7-16(25)20(27)17(26)8-14/h2-3,6-8H,4-5,9-11H2,1H3. The first kappa shape index (κ1) is 28.9. The lowest BCUT2D eigenvalue weighted by molar-refractivity contribution is -0.275. The van der Waals surface area contributed by atoms with Gasteiger partial charge in [0.1, 0.15) is 6.54 Å². The van der Waals surface area contributed by atoms with Gasteiger partial charge < -0.3 is 14.6 Å². The molecule has 2 aliphatic heterocycles.